The molecule has 1 aliphatic rings. The van der Waals surface area contributed by atoms with Gasteiger partial charge in [0.2, 0.25) is 0 Å². The van der Waals surface area contributed by atoms with Crippen molar-refractivity contribution in [2.75, 3.05) is 12.8 Å². The molecule has 1 heterocycles. The molecule has 1 aliphatic heterocycles. The third kappa shape index (κ3) is 5.99. The van der Waals surface area contributed by atoms with E-state index in [2.05, 4.69) is 4.18 Å². The predicted molar refractivity (Wildman–Crippen MR) is 71.7 cm³/mol. The van der Waals surface area contributed by atoms with E-state index in [9.17, 15) is 26.4 Å². The molecular formula is C12H20F3NO5S. The van der Waals surface area contributed by atoms with Crippen molar-refractivity contribution in [3.8, 4) is 0 Å². The van der Waals surface area contributed by atoms with E-state index in [-0.39, 0.29) is 13.0 Å². The van der Waals surface area contributed by atoms with Gasteiger partial charge in [0.1, 0.15) is 11.6 Å². The van der Waals surface area contributed by atoms with E-state index < -0.39 is 46.6 Å². The van der Waals surface area contributed by atoms with Crippen LogP contribution in [0.2, 0.25) is 0 Å². The van der Waals surface area contributed by atoms with Crippen LogP contribution in [0.1, 0.15) is 33.6 Å². The van der Waals surface area contributed by atoms with Gasteiger partial charge in [0.15, 0.2) is 0 Å². The maximum Gasteiger partial charge on any atom is 0.410 e. The lowest BCUT2D eigenvalue weighted by Crippen LogP contribution is -2.55. The Kier molecular flexibility index (Phi) is 5.38. The molecule has 0 aromatic rings. The minimum Gasteiger partial charge on any atom is -0.444 e. The smallest absolute Gasteiger partial charge is 0.410 e. The maximum atomic E-state index is 13.1. The Morgan fingerprint density at radius 2 is 1.77 bits per heavy atom. The van der Waals surface area contributed by atoms with Crippen molar-refractivity contribution >= 4 is 16.2 Å². The van der Waals surface area contributed by atoms with Crippen molar-refractivity contribution in [1.82, 2.24) is 4.90 Å². The summed E-state index contributed by atoms with van der Waals surface area (Å²) in [6, 6.07) is -2.14. The molecule has 0 aromatic heterocycles. The van der Waals surface area contributed by atoms with E-state index in [4.69, 9.17) is 4.74 Å². The third-order valence-corrected chi connectivity index (χ3v) is 3.49. The molecular weight excluding hydrogens is 327 g/mol. The average molecular weight is 347 g/mol. The minimum atomic E-state index is -4.70. The topological polar surface area (TPSA) is 72.9 Å². The van der Waals surface area contributed by atoms with E-state index in [1.807, 2.05) is 0 Å². The SMILES string of the molecule is CC(C)(C)OC(=O)N1CC[C@@H](OS(C)(=O)=O)C[C@H]1C(F)(F)F. The zero-order chi connectivity index (χ0) is 17.3. The molecule has 2 atom stereocenters. The van der Waals surface area contributed by atoms with Crippen molar-refractivity contribution in [1.29, 1.82) is 0 Å². The Morgan fingerprint density at radius 1 is 1.23 bits per heavy atom. The summed E-state index contributed by atoms with van der Waals surface area (Å²) in [5.41, 5.74) is -0.923. The van der Waals surface area contributed by atoms with Crippen LogP contribution < -0.4 is 0 Å². The van der Waals surface area contributed by atoms with E-state index in [1.54, 1.807) is 20.8 Å². The molecule has 0 spiro atoms. The summed E-state index contributed by atoms with van der Waals surface area (Å²) < 4.78 is 71.1. The molecule has 22 heavy (non-hydrogen) atoms. The summed E-state index contributed by atoms with van der Waals surface area (Å²) in [6.07, 6.45) is -6.77. The Balaban J connectivity index is 2.89. The van der Waals surface area contributed by atoms with Gasteiger partial charge in [-0.15, -0.1) is 0 Å². The fourth-order valence-corrected chi connectivity index (χ4v) is 2.79. The lowest BCUT2D eigenvalue weighted by Gasteiger charge is -2.40. The highest BCUT2D eigenvalue weighted by molar-refractivity contribution is 7.86. The highest BCUT2D eigenvalue weighted by atomic mass is 32.2. The number of likely N-dealkylation sites (tertiary alicyclic amines) is 1. The van der Waals surface area contributed by atoms with E-state index in [0.717, 1.165) is 6.26 Å². The number of hydrogen-bond donors (Lipinski definition) is 0. The first-order chi connectivity index (χ1) is 9.69. The van der Waals surface area contributed by atoms with E-state index >= 15 is 0 Å². The fraction of sp³-hybridized carbons (Fsp3) is 0.917. The van der Waals surface area contributed by atoms with Crippen molar-refractivity contribution in [3.63, 3.8) is 0 Å². The number of ether oxygens (including phenoxy) is 1. The number of hydrogen-bond acceptors (Lipinski definition) is 5. The number of amides is 1. The van der Waals surface area contributed by atoms with Crippen LogP contribution in [0, 0.1) is 0 Å². The second kappa shape index (κ2) is 6.23. The van der Waals surface area contributed by atoms with Crippen LogP contribution >= 0.6 is 0 Å². The van der Waals surface area contributed by atoms with Gasteiger partial charge in [0.25, 0.3) is 10.1 Å². The first-order valence-corrected chi connectivity index (χ1v) is 8.45. The van der Waals surface area contributed by atoms with Crippen LogP contribution in [-0.2, 0) is 19.0 Å². The van der Waals surface area contributed by atoms with Gasteiger partial charge in [0.05, 0.1) is 12.4 Å². The zero-order valence-corrected chi connectivity index (χ0v) is 13.6. The summed E-state index contributed by atoms with van der Waals surface area (Å²) in [4.78, 5) is 12.5. The standard InChI is InChI=1S/C12H20F3NO5S/c1-11(2,3)20-10(17)16-6-5-8(21-22(4,18)19)7-9(16)12(13,14)15/h8-9H,5-7H2,1-4H3/t8-,9+/m1/s1. The summed E-state index contributed by atoms with van der Waals surface area (Å²) >= 11 is 0. The molecule has 0 saturated carbocycles. The van der Waals surface area contributed by atoms with Gasteiger partial charge in [0, 0.05) is 13.0 Å². The van der Waals surface area contributed by atoms with Crippen LogP contribution in [0.5, 0.6) is 0 Å². The Hall–Kier alpha value is -1.03. The maximum absolute atomic E-state index is 13.1. The Morgan fingerprint density at radius 3 is 2.18 bits per heavy atom. The van der Waals surface area contributed by atoms with Crippen molar-refractivity contribution in [2.24, 2.45) is 0 Å². The first kappa shape index (κ1) is 19.0. The van der Waals surface area contributed by atoms with Crippen LogP contribution in [0.3, 0.4) is 0 Å². The third-order valence-electron chi connectivity index (χ3n) is 2.87. The molecule has 0 aliphatic carbocycles. The molecule has 6 nitrogen and oxygen atoms in total. The highest BCUT2D eigenvalue weighted by Gasteiger charge is 2.50. The molecule has 10 heteroatoms. The molecule has 1 rings (SSSR count). The van der Waals surface area contributed by atoms with Gasteiger partial charge in [-0.05, 0) is 27.2 Å². The van der Waals surface area contributed by atoms with Crippen molar-refractivity contribution < 1.29 is 35.3 Å². The Labute approximate surface area is 127 Å². The zero-order valence-electron chi connectivity index (χ0n) is 12.8. The summed E-state index contributed by atoms with van der Waals surface area (Å²) in [5.74, 6) is 0. The largest absolute Gasteiger partial charge is 0.444 e. The second-order valence-electron chi connectivity index (χ2n) is 6.18. The minimum absolute atomic E-state index is 0.0150. The number of carbonyl (C=O) groups is 1. The fourth-order valence-electron chi connectivity index (χ4n) is 2.12. The number of alkyl halides is 3. The number of rotatable bonds is 2. The van der Waals surface area contributed by atoms with E-state index in [1.165, 1.54) is 0 Å². The van der Waals surface area contributed by atoms with Gasteiger partial charge in [-0.3, -0.25) is 9.08 Å². The lowest BCUT2D eigenvalue weighted by molar-refractivity contribution is -0.194. The summed E-state index contributed by atoms with van der Waals surface area (Å²) in [5, 5.41) is 0. The molecule has 0 radical (unpaired) electrons. The molecule has 1 fully saturated rings. The van der Waals surface area contributed by atoms with E-state index in [0.29, 0.717) is 4.90 Å². The highest BCUT2D eigenvalue weighted by Crippen LogP contribution is 2.34. The molecule has 0 unspecified atom stereocenters. The van der Waals surface area contributed by atoms with Gasteiger partial charge >= 0.3 is 12.3 Å². The average Bonchev–Trinajstić information content (AvgIpc) is 2.22. The van der Waals surface area contributed by atoms with Gasteiger partial charge in [-0.25, -0.2) is 4.79 Å². The normalized spacial score (nSPS) is 24.2. The van der Waals surface area contributed by atoms with Gasteiger partial charge in [-0.2, -0.15) is 21.6 Å². The number of nitrogens with zero attached hydrogens (tertiary/aromatic N) is 1. The first-order valence-electron chi connectivity index (χ1n) is 6.63. The quantitative estimate of drug-likeness (QED) is 0.717. The number of halogens is 3. The van der Waals surface area contributed by atoms with Crippen LogP contribution in [0.15, 0.2) is 0 Å². The molecule has 0 aromatic carbocycles. The monoisotopic (exact) mass is 347 g/mol. The molecule has 1 amide bonds. The second-order valence-corrected chi connectivity index (χ2v) is 7.78. The Bertz CT molecular complexity index is 512. The van der Waals surface area contributed by atoms with Gasteiger partial charge in [-0.1, -0.05) is 0 Å². The number of piperidine rings is 1. The van der Waals surface area contributed by atoms with Crippen molar-refractivity contribution in [3.05, 3.63) is 0 Å². The van der Waals surface area contributed by atoms with Crippen LogP contribution in [0.4, 0.5) is 18.0 Å². The molecule has 0 bridgehead atoms. The summed E-state index contributed by atoms with van der Waals surface area (Å²) in [6.45, 7) is 4.35. The van der Waals surface area contributed by atoms with Crippen LogP contribution in [0.25, 0.3) is 0 Å². The number of carbonyl (C=O) groups excluding carboxylic acids is 1. The van der Waals surface area contributed by atoms with Crippen LogP contribution in [-0.4, -0.2) is 56.1 Å². The van der Waals surface area contributed by atoms with Crippen molar-refractivity contribution in [2.45, 2.75) is 57.5 Å². The molecule has 1 saturated heterocycles. The summed E-state index contributed by atoms with van der Waals surface area (Å²) in [7, 11) is -3.86. The lowest BCUT2D eigenvalue weighted by atomic mass is 9.99. The predicted octanol–water partition coefficient (Wildman–Crippen LogP) is 2.29. The van der Waals surface area contributed by atoms with Gasteiger partial charge < -0.3 is 4.74 Å². The molecule has 0 N–H and O–H groups in total. The molecule has 130 valence electrons.